The highest BCUT2D eigenvalue weighted by atomic mass is 32.1. The van der Waals surface area contributed by atoms with E-state index in [1.165, 1.54) is 11.3 Å². The monoisotopic (exact) mass is 266 g/mol. The largest absolute Gasteiger partial charge is 0.448 e. The first-order valence-electron chi connectivity index (χ1n) is 6.17. The van der Waals surface area contributed by atoms with Gasteiger partial charge < -0.3 is 9.64 Å². The van der Waals surface area contributed by atoms with Crippen LogP contribution in [0.15, 0.2) is 0 Å². The Morgan fingerprint density at radius 3 is 2.94 bits per heavy atom. The number of hydrogen-bond donors (Lipinski definition) is 0. The number of fused-ring (bicyclic) bond motifs is 1. The number of nitrogens with zero attached hydrogens (tertiary/aromatic N) is 2. The lowest BCUT2D eigenvalue weighted by molar-refractivity contribution is 0.0976. The number of rotatable bonds is 3. The van der Waals surface area contributed by atoms with E-state index in [1.807, 2.05) is 0 Å². The summed E-state index contributed by atoms with van der Waals surface area (Å²) in [5, 5.41) is 0.954. The number of cyclic esters (lactones) is 1. The molecule has 1 aliphatic carbocycles. The topological polar surface area (TPSA) is 59.5 Å². The number of hydrogen-bond acceptors (Lipinski definition) is 5. The van der Waals surface area contributed by atoms with E-state index in [4.69, 9.17) is 4.74 Å². The van der Waals surface area contributed by atoms with Gasteiger partial charge in [0, 0.05) is 19.4 Å². The maximum Gasteiger partial charge on any atom is 0.409 e. The van der Waals surface area contributed by atoms with Gasteiger partial charge in [0.25, 0.3) is 0 Å². The molecule has 0 aromatic carbocycles. The first kappa shape index (κ1) is 11.6. The summed E-state index contributed by atoms with van der Waals surface area (Å²) in [4.78, 5) is 30.0. The van der Waals surface area contributed by atoms with Crippen LogP contribution in [0, 0.1) is 0 Å². The van der Waals surface area contributed by atoms with Crippen molar-refractivity contribution in [3.8, 4) is 0 Å². The second-order valence-electron chi connectivity index (χ2n) is 4.51. The van der Waals surface area contributed by atoms with E-state index >= 15 is 0 Å². The Bertz CT molecular complexity index is 498. The van der Waals surface area contributed by atoms with Gasteiger partial charge in [-0.2, -0.15) is 0 Å². The molecule has 18 heavy (non-hydrogen) atoms. The van der Waals surface area contributed by atoms with Gasteiger partial charge in [0.1, 0.15) is 6.61 Å². The molecular weight excluding hydrogens is 252 g/mol. The third kappa shape index (κ3) is 2.12. The highest BCUT2D eigenvalue weighted by Gasteiger charge is 2.24. The van der Waals surface area contributed by atoms with Gasteiger partial charge in [-0.15, -0.1) is 11.3 Å². The van der Waals surface area contributed by atoms with E-state index in [9.17, 15) is 9.59 Å². The average Bonchev–Trinajstić information content (AvgIpc) is 2.93. The Hall–Kier alpha value is -1.43. The van der Waals surface area contributed by atoms with Gasteiger partial charge in [0.05, 0.1) is 22.1 Å². The fourth-order valence-electron chi connectivity index (χ4n) is 2.28. The zero-order valence-electron chi connectivity index (χ0n) is 9.98. The number of amides is 1. The number of carbonyl (C=O) groups excluding carboxylic acids is 2. The van der Waals surface area contributed by atoms with Crippen molar-refractivity contribution in [2.24, 2.45) is 0 Å². The SMILES string of the molecule is O=C1CCCc2nc(CCN3CCOC3=O)sc21. The minimum atomic E-state index is -0.243. The van der Waals surface area contributed by atoms with Crippen LogP contribution >= 0.6 is 11.3 Å². The summed E-state index contributed by atoms with van der Waals surface area (Å²) in [5.41, 5.74) is 0.954. The highest BCUT2D eigenvalue weighted by molar-refractivity contribution is 7.13. The molecule has 0 N–H and O–H groups in total. The molecule has 2 aliphatic rings. The lowest BCUT2D eigenvalue weighted by Gasteiger charge is -2.10. The predicted molar refractivity (Wildman–Crippen MR) is 66.0 cm³/mol. The van der Waals surface area contributed by atoms with Crippen molar-refractivity contribution in [1.29, 1.82) is 0 Å². The summed E-state index contributed by atoms with van der Waals surface area (Å²) in [6, 6.07) is 0. The standard InChI is InChI=1S/C12H14N2O3S/c15-9-3-1-2-8-11(9)18-10(13-8)4-5-14-6-7-17-12(14)16/h1-7H2. The van der Waals surface area contributed by atoms with Gasteiger partial charge in [-0.3, -0.25) is 4.79 Å². The van der Waals surface area contributed by atoms with Crippen LogP contribution in [-0.4, -0.2) is 41.5 Å². The van der Waals surface area contributed by atoms with E-state index in [0.29, 0.717) is 32.5 Å². The number of Topliss-reactive ketones (excluding diaryl/α,β-unsaturated/α-hetero) is 1. The van der Waals surface area contributed by atoms with Crippen molar-refractivity contribution in [2.45, 2.75) is 25.7 Å². The Kier molecular flexibility index (Phi) is 3.03. The quantitative estimate of drug-likeness (QED) is 0.834. The summed E-state index contributed by atoms with van der Waals surface area (Å²) < 4.78 is 4.87. The molecule has 6 heteroatoms. The number of aryl methyl sites for hydroxylation is 1. The van der Waals surface area contributed by atoms with Crippen molar-refractivity contribution in [2.75, 3.05) is 19.7 Å². The summed E-state index contributed by atoms with van der Waals surface area (Å²) in [6.07, 6.45) is 2.93. The zero-order valence-corrected chi connectivity index (χ0v) is 10.8. The van der Waals surface area contributed by atoms with Crippen LogP contribution in [0.5, 0.6) is 0 Å². The minimum Gasteiger partial charge on any atom is -0.448 e. The summed E-state index contributed by atoms with van der Waals surface area (Å²) in [7, 11) is 0. The molecule has 1 aromatic rings. The molecule has 96 valence electrons. The van der Waals surface area contributed by atoms with Gasteiger partial charge in [-0.25, -0.2) is 9.78 Å². The van der Waals surface area contributed by atoms with Crippen LogP contribution in [0.4, 0.5) is 4.79 Å². The third-order valence-electron chi connectivity index (χ3n) is 3.25. The summed E-state index contributed by atoms with van der Waals surface area (Å²) in [6.45, 7) is 1.76. The zero-order chi connectivity index (χ0) is 12.5. The van der Waals surface area contributed by atoms with Gasteiger partial charge in [0.15, 0.2) is 5.78 Å². The number of carbonyl (C=O) groups is 2. The van der Waals surface area contributed by atoms with Gasteiger partial charge in [-0.05, 0) is 12.8 Å². The number of ether oxygens (including phenoxy) is 1. The van der Waals surface area contributed by atoms with Gasteiger partial charge in [-0.1, -0.05) is 0 Å². The lowest BCUT2D eigenvalue weighted by atomic mass is 10.0. The van der Waals surface area contributed by atoms with Crippen molar-refractivity contribution in [1.82, 2.24) is 9.88 Å². The molecule has 0 atom stereocenters. The molecule has 0 bridgehead atoms. The molecule has 0 unspecified atom stereocenters. The Labute approximate surface area is 109 Å². The molecule has 1 aliphatic heterocycles. The normalized spacial score (nSPS) is 19.0. The van der Waals surface area contributed by atoms with Gasteiger partial charge in [0.2, 0.25) is 0 Å². The summed E-state index contributed by atoms with van der Waals surface area (Å²) >= 11 is 1.49. The van der Waals surface area contributed by atoms with E-state index in [2.05, 4.69) is 4.98 Å². The van der Waals surface area contributed by atoms with Gasteiger partial charge >= 0.3 is 6.09 Å². The molecule has 1 aromatic heterocycles. The maximum absolute atomic E-state index is 11.7. The second-order valence-corrected chi connectivity index (χ2v) is 5.60. The molecule has 1 amide bonds. The molecule has 1 fully saturated rings. The number of aromatic nitrogens is 1. The summed E-state index contributed by atoms with van der Waals surface area (Å²) in [5.74, 6) is 0.223. The number of thiazole rings is 1. The van der Waals surface area contributed by atoms with E-state index in [1.54, 1.807) is 4.90 Å². The van der Waals surface area contributed by atoms with Crippen LogP contribution in [0.2, 0.25) is 0 Å². The smallest absolute Gasteiger partial charge is 0.409 e. The highest BCUT2D eigenvalue weighted by Crippen LogP contribution is 2.27. The molecule has 0 saturated carbocycles. The molecule has 3 rings (SSSR count). The van der Waals surface area contributed by atoms with E-state index in [-0.39, 0.29) is 11.9 Å². The molecule has 0 spiro atoms. The fourth-order valence-corrected chi connectivity index (χ4v) is 3.35. The van der Waals surface area contributed by atoms with Crippen molar-refractivity contribution in [3.63, 3.8) is 0 Å². The Balaban J connectivity index is 1.66. The molecule has 5 nitrogen and oxygen atoms in total. The molecule has 1 saturated heterocycles. The van der Waals surface area contributed by atoms with Crippen LogP contribution in [0.3, 0.4) is 0 Å². The predicted octanol–water partition coefficient (Wildman–Crippen LogP) is 1.66. The first-order valence-corrected chi connectivity index (χ1v) is 6.99. The maximum atomic E-state index is 11.7. The Morgan fingerprint density at radius 2 is 2.22 bits per heavy atom. The minimum absolute atomic E-state index is 0.223. The molecule has 2 heterocycles. The number of ketones is 1. The van der Waals surface area contributed by atoms with Crippen molar-refractivity contribution >= 4 is 23.2 Å². The average molecular weight is 266 g/mol. The first-order chi connectivity index (χ1) is 8.74. The van der Waals surface area contributed by atoms with E-state index in [0.717, 1.165) is 28.4 Å². The van der Waals surface area contributed by atoms with Crippen molar-refractivity contribution in [3.05, 3.63) is 15.6 Å². The van der Waals surface area contributed by atoms with E-state index < -0.39 is 0 Å². The molecule has 0 radical (unpaired) electrons. The van der Waals surface area contributed by atoms with Crippen LogP contribution < -0.4 is 0 Å². The van der Waals surface area contributed by atoms with Crippen molar-refractivity contribution < 1.29 is 14.3 Å². The fraction of sp³-hybridized carbons (Fsp3) is 0.583. The second kappa shape index (κ2) is 4.68. The van der Waals surface area contributed by atoms with Crippen LogP contribution in [0.1, 0.15) is 33.2 Å². The third-order valence-corrected chi connectivity index (χ3v) is 4.45. The molecular formula is C12H14N2O3S. The van der Waals surface area contributed by atoms with Crippen LogP contribution in [0.25, 0.3) is 0 Å². The van der Waals surface area contributed by atoms with Crippen LogP contribution in [-0.2, 0) is 17.6 Å². The lowest BCUT2D eigenvalue weighted by Crippen LogP contribution is -2.26. The Morgan fingerprint density at radius 1 is 1.33 bits per heavy atom.